The second-order valence-corrected chi connectivity index (χ2v) is 7.77. The molecule has 0 bridgehead atoms. The molecular formula is C21H23FN4O6. The van der Waals surface area contributed by atoms with Crippen LogP contribution in [0.25, 0.3) is 10.9 Å². The number of anilines is 1. The zero-order valence-corrected chi connectivity index (χ0v) is 17.6. The van der Waals surface area contributed by atoms with Crippen molar-refractivity contribution in [3.05, 3.63) is 33.9 Å². The van der Waals surface area contributed by atoms with Crippen LogP contribution < -0.4 is 20.4 Å². The van der Waals surface area contributed by atoms with Crippen molar-refractivity contribution < 1.29 is 28.7 Å². The molecule has 10 nitrogen and oxygen atoms in total. The molecule has 32 heavy (non-hydrogen) atoms. The predicted molar refractivity (Wildman–Crippen MR) is 114 cm³/mol. The van der Waals surface area contributed by atoms with Crippen LogP contribution in [0.15, 0.2) is 22.2 Å². The van der Waals surface area contributed by atoms with Gasteiger partial charge in [-0.3, -0.25) is 9.59 Å². The molecule has 1 aliphatic heterocycles. The molecule has 1 atom stereocenters. The summed E-state index contributed by atoms with van der Waals surface area (Å²) < 4.78 is 22.7. The maximum absolute atomic E-state index is 15.4. The Balaban J connectivity index is 1.88. The van der Waals surface area contributed by atoms with Crippen LogP contribution in [0.4, 0.5) is 10.1 Å². The van der Waals surface area contributed by atoms with E-state index in [1.54, 1.807) is 16.5 Å². The van der Waals surface area contributed by atoms with Crippen molar-refractivity contribution in [3.63, 3.8) is 0 Å². The van der Waals surface area contributed by atoms with Gasteiger partial charge in [-0.25, -0.2) is 9.18 Å². The van der Waals surface area contributed by atoms with E-state index in [2.05, 4.69) is 15.3 Å². The number of nitrogens with zero attached hydrogens (tertiary/aromatic N) is 3. The lowest BCUT2D eigenvalue weighted by Crippen LogP contribution is -2.51. The van der Waals surface area contributed by atoms with E-state index in [4.69, 9.17) is 4.74 Å². The number of halogens is 1. The highest BCUT2D eigenvalue weighted by atomic mass is 19.1. The second kappa shape index (κ2) is 8.58. The van der Waals surface area contributed by atoms with Crippen LogP contribution in [-0.2, 0) is 9.63 Å². The molecule has 2 N–H and O–H groups in total. The smallest absolute Gasteiger partial charge is 0.341 e. The van der Waals surface area contributed by atoms with E-state index in [9.17, 15) is 19.5 Å². The number of carboxylic acid groups (broad SMARTS) is 1. The molecule has 1 aliphatic carbocycles. The number of nitrogens with one attached hydrogen (secondary N) is 1. The van der Waals surface area contributed by atoms with Gasteiger partial charge in [-0.1, -0.05) is 5.16 Å². The summed E-state index contributed by atoms with van der Waals surface area (Å²) in [6, 6.07) is 0.812. The molecule has 1 unspecified atom stereocenters. The van der Waals surface area contributed by atoms with Crippen LogP contribution in [0.1, 0.15) is 35.7 Å². The van der Waals surface area contributed by atoms with E-state index < -0.39 is 22.8 Å². The quantitative estimate of drug-likeness (QED) is 0.373. The molecule has 2 aliphatic rings. The van der Waals surface area contributed by atoms with Gasteiger partial charge in [-0.05, 0) is 26.0 Å². The molecule has 1 aromatic heterocycles. The monoisotopic (exact) mass is 446 g/mol. The number of methoxy groups -OCH3 is 1. The maximum Gasteiger partial charge on any atom is 0.341 e. The van der Waals surface area contributed by atoms with Gasteiger partial charge in [0, 0.05) is 31.7 Å². The van der Waals surface area contributed by atoms with Gasteiger partial charge in [-0.15, -0.1) is 0 Å². The molecule has 2 fully saturated rings. The molecule has 1 saturated carbocycles. The van der Waals surface area contributed by atoms with E-state index in [-0.39, 0.29) is 35.4 Å². The van der Waals surface area contributed by atoms with Crippen molar-refractivity contribution in [2.24, 2.45) is 5.16 Å². The van der Waals surface area contributed by atoms with Gasteiger partial charge in [0.25, 0.3) is 0 Å². The fourth-order valence-corrected chi connectivity index (χ4v) is 4.22. The Hall–Kier alpha value is -3.47. The maximum atomic E-state index is 15.4. The Morgan fingerprint density at radius 3 is 2.75 bits per heavy atom. The van der Waals surface area contributed by atoms with Crippen molar-refractivity contribution in [3.8, 4) is 5.75 Å². The van der Waals surface area contributed by atoms with E-state index >= 15 is 4.39 Å². The number of fused-ring (bicyclic) bond motifs is 1. The first-order valence-electron chi connectivity index (χ1n) is 10.2. The fraction of sp³-hybridized carbons (Fsp3) is 0.429. The summed E-state index contributed by atoms with van der Waals surface area (Å²) in [5.41, 5.74) is 0.0406. The molecule has 1 saturated heterocycles. The number of hydrogen-bond acceptors (Lipinski definition) is 8. The van der Waals surface area contributed by atoms with Crippen LogP contribution in [0, 0.1) is 5.82 Å². The number of carbonyl (C=O) groups excluding carboxylic acids is 1. The third-order valence-electron chi connectivity index (χ3n) is 5.89. The van der Waals surface area contributed by atoms with Crippen molar-refractivity contribution in [2.75, 3.05) is 32.1 Å². The minimum atomic E-state index is -1.35. The van der Waals surface area contributed by atoms with Gasteiger partial charge in [-0.2, -0.15) is 0 Å². The zero-order chi connectivity index (χ0) is 23.0. The number of aromatic carboxylic acids is 1. The summed E-state index contributed by atoms with van der Waals surface area (Å²) in [7, 11) is 3.12. The van der Waals surface area contributed by atoms with Crippen LogP contribution >= 0.6 is 0 Å². The van der Waals surface area contributed by atoms with Gasteiger partial charge >= 0.3 is 12.4 Å². The minimum Gasteiger partial charge on any atom is -0.492 e. The average molecular weight is 446 g/mol. The minimum absolute atomic E-state index is 0.0223. The first-order chi connectivity index (χ1) is 15.4. The number of carboxylic acids is 1. The summed E-state index contributed by atoms with van der Waals surface area (Å²) >= 11 is 0. The van der Waals surface area contributed by atoms with Crippen molar-refractivity contribution >= 4 is 34.7 Å². The lowest BCUT2D eigenvalue weighted by Gasteiger charge is -2.36. The van der Waals surface area contributed by atoms with Crippen LogP contribution in [0.2, 0.25) is 0 Å². The van der Waals surface area contributed by atoms with Gasteiger partial charge in [0.2, 0.25) is 5.43 Å². The summed E-state index contributed by atoms with van der Waals surface area (Å²) in [5.74, 6) is -1.86. The number of pyridine rings is 1. The molecule has 1 aromatic carbocycles. The highest BCUT2D eigenvalue weighted by molar-refractivity contribution is 5.98. The van der Waals surface area contributed by atoms with Crippen LogP contribution in [-0.4, -0.2) is 61.1 Å². The van der Waals surface area contributed by atoms with Gasteiger partial charge in [0.15, 0.2) is 11.6 Å². The number of hydrogen-bond donors (Lipinski definition) is 2. The van der Waals surface area contributed by atoms with E-state index in [0.29, 0.717) is 30.7 Å². The number of benzene rings is 1. The lowest BCUT2D eigenvalue weighted by molar-refractivity contribution is -0.128. The molecule has 11 heteroatoms. The number of ether oxygens (including phenoxy) is 1. The standard InChI is InChI=1S/C21H23FN4O6/c1-23-16-9-25(6-5-15(16)24-32-10-27)18-14(22)7-12-17(20(18)31-2)26(11-3-4-11)8-13(19(12)28)21(29)30/h7-8,10-11,16,23H,3-6,9H2,1-2H3,(H,29,30)/b24-15+. The molecule has 0 amide bonds. The average Bonchev–Trinajstić information content (AvgIpc) is 3.62. The molecule has 4 rings (SSSR count). The number of aromatic nitrogens is 1. The largest absolute Gasteiger partial charge is 0.492 e. The fourth-order valence-electron chi connectivity index (χ4n) is 4.22. The normalized spacial score (nSPS) is 19.9. The SMILES string of the molecule is CNC1CN(c2c(F)cc3c(=O)c(C(=O)O)cn(C4CC4)c3c2OC)CC/C1=N\OC=O. The Morgan fingerprint density at radius 2 is 2.16 bits per heavy atom. The van der Waals surface area contributed by atoms with Crippen molar-refractivity contribution in [2.45, 2.75) is 31.3 Å². The van der Waals surface area contributed by atoms with Crippen molar-refractivity contribution in [1.29, 1.82) is 0 Å². The van der Waals surface area contributed by atoms with Gasteiger partial charge < -0.3 is 29.5 Å². The molecule has 0 radical (unpaired) electrons. The van der Waals surface area contributed by atoms with Crippen LogP contribution in [0.3, 0.4) is 0 Å². The van der Waals surface area contributed by atoms with Gasteiger partial charge in [0.05, 0.1) is 29.8 Å². The first-order valence-corrected chi connectivity index (χ1v) is 10.2. The zero-order valence-electron chi connectivity index (χ0n) is 17.6. The topological polar surface area (TPSA) is 122 Å². The Kier molecular flexibility index (Phi) is 5.83. The Morgan fingerprint density at radius 1 is 1.41 bits per heavy atom. The Bertz CT molecular complexity index is 1170. The summed E-state index contributed by atoms with van der Waals surface area (Å²) in [6.45, 7) is 0.927. The number of piperidine rings is 1. The molecule has 2 aromatic rings. The number of likely N-dealkylation sites (N-methyl/N-ethyl adjacent to an activating group) is 1. The summed E-state index contributed by atoms with van der Waals surface area (Å²) in [5, 5.41) is 16.3. The van der Waals surface area contributed by atoms with E-state index in [1.165, 1.54) is 13.3 Å². The number of rotatable bonds is 7. The van der Waals surface area contributed by atoms with E-state index in [0.717, 1.165) is 18.9 Å². The highest BCUT2D eigenvalue weighted by Crippen LogP contribution is 2.44. The van der Waals surface area contributed by atoms with Crippen LogP contribution in [0.5, 0.6) is 5.75 Å². The number of oxime groups is 1. The molecule has 0 spiro atoms. The second-order valence-electron chi connectivity index (χ2n) is 7.77. The van der Waals surface area contributed by atoms with Gasteiger partial charge in [0.1, 0.15) is 11.3 Å². The Labute approximate surface area is 182 Å². The molecule has 170 valence electrons. The third kappa shape index (κ3) is 3.68. The molecular weight excluding hydrogens is 423 g/mol. The summed E-state index contributed by atoms with van der Waals surface area (Å²) in [4.78, 5) is 41.2. The lowest BCUT2D eigenvalue weighted by atomic mass is 10.0. The highest BCUT2D eigenvalue weighted by Gasteiger charge is 2.33. The summed E-state index contributed by atoms with van der Waals surface area (Å²) in [6.07, 6.45) is 3.39. The van der Waals surface area contributed by atoms with Crippen molar-refractivity contribution in [1.82, 2.24) is 9.88 Å². The third-order valence-corrected chi connectivity index (χ3v) is 5.89. The predicted octanol–water partition coefficient (Wildman–Crippen LogP) is 1.51. The molecule has 2 heterocycles. The number of carbonyl (C=O) groups is 2. The van der Waals surface area contributed by atoms with E-state index in [1.807, 2.05) is 0 Å². The first kappa shape index (κ1) is 21.8.